The van der Waals surface area contributed by atoms with Crippen LogP contribution in [-0.2, 0) is 0 Å². The minimum absolute atomic E-state index is 0. The smallest absolute Gasteiger partial charge is 0.254 e. The third-order valence-corrected chi connectivity index (χ3v) is 6.34. The highest BCUT2D eigenvalue weighted by molar-refractivity contribution is 6.04. The van der Waals surface area contributed by atoms with Gasteiger partial charge in [-0.3, -0.25) is 9.59 Å². The average Bonchev–Trinajstić information content (AvgIpc) is 3.45. The molecule has 2 aromatic rings. The standard InChI is InChI=1S/C25H31N3O2.ClH/c1-27(2)24(29)19-12-13-22(18-8-4-3-5-9-18)23(16-19)25(30)28-15-7-11-21(28)17-20-10-6-14-26-20;/h3-5,8-9,12-13,16,20-21,26H,6-7,10-11,14-15,17H2,1-2H3;1H/t20?,21-;/m0./s1. The summed E-state index contributed by atoms with van der Waals surface area (Å²) in [6.45, 7) is 1.87. The van der Waals surface area contributed by atoms with Gasteiger partial charge in [-0.15, -0.1) is 12.4 Å². The first kappa shape index (κ1) is 23.3. The van der Waals surface area contributed by atoms with Crippen molar-refractivity contribution in [3.63, 3.8) is 0 Å². The number of nitrogens with zero attached hydrogens (tertiary/aromatic N) is 2. The van der Waals surface area contributed by atoms with Crippen LogP contribution in [0.3, 0.4) is 0 Å². The van der Waals surface area contributed by atoms with Crippen molar-refractivity contribution >= 4 is 24.2 Å². The molecule has 0 aromatic heterocycles. The lowest BCUT2D eigenvalue weighted by molar-refractivity contribution is 0.0725. The summed E-state index contributed by atoms with van der Waals surface area (Å²) in [5.41, 5.74) is 3.06. The molecule has 0 saturated carbocycles. The second-order valence-electron chi connectivity index (χ2n) is 8.65. The van der Waals surface area contributed by atoms with E-state index in [-0.39, 0.29) is 30.3 Å². The first-order valence-electron chi connectivity index (χ1n) is 11.0. The zero-order valence-corrected chi connectivity index (χ0v) is 19.2. The molecule has 4 rings (SSSR count). The van der Waals surface area contributed by atoms with E-state index >= 15 is 0 Å². The van der Waals surface area contributed by atoms with Crippen LogP contribution in [0.5, 0.6) is 0 Å². The van der Waals surface area contributed by atoms with Crippen LogP contribution in [0.4, 0.5) is 0 Å². The molecule has 2 amide bonds. The Morgan fingerprint density at radius 1 is 1.06 bits per heavy atom. The molecule has 2 aliphatic rings. The summed E-state index contributed by atoms with van der Waals surface area (Å²) in [7, 11) is 3.47. The number of carbonyl (C=O) groups excluding carboxylic acids is 2. The molecular formula is C25H32ClN3O2. The quantitative estimate of drug-likeness (QED) is 0.755. The van der Waals surface area contributed by atoms with Crippen LogP contribution >= 0.6 is 12.4 Å². The SMILES string of the molecule is CN(C)C(=O)c1ccc(-c2ccccc2)c(C(=O)N2CCC[C@H]2CC2CCCN2)c1.Cl. The van der Waals surface area contributed by atoms with Gasteiger partial charge >= 0.3 is 0 Å². The van der Waals surface area contributed by atoms with Crippen LogP contribution in [0.1, 0.15) is 52.8 Å². The fraction of sp³-hybridized carbons (Fsp3) is 0.440. The van der Waals surface area contributed by atoms with Crippen molar-refractivity contribution in [2.75, 3.05) is 27.2 Å². The van der Waals surface area contributed by atoms with Gasteiger partial charge in [0.1, 0.15) is 0 Å². The largest absolute Gasteiger partial charge is 0.345 e. The van der Waals surface area contributed by atoms with Gasteiger partial charge < -0.3 is 15.1 Å². The lowest BCUT2D eigenvalue weighted by atomic mass is 9.95. The molecular weight excluding hydrogens is 410 g/mol. The van der Waals surface area contributed by atoms with Crippen LogP contribution in [0.25, 0.3) is 11.1 Å². The maximum atomic E-state index is 13.8. The van der Waals surface area contributed by atoms with Crippen molar-refractivity contribution in [3.05, 3.63) is 59.7 Å². The van der Waals surface area contributed by atoms with Gasteiger partial charge in [0, 0.05) is 43.9 Å². The van der Waals surface area contributed by atoms with Gasteiger partial charge in [0.15, 0.2) is 0 Å². The van der Waals surface area contributed by atoms with Gasteiger partial charge in [-0.2, -0.15) is 0 Å². The van der Waals surface area contributed by atoms with Gasteiger partial charge in [-0.05, 0) is 61.9 Å². The van der Waals surface area contributed by atoms with E-state index in [1.165, 1.54) is 12.8 Å². The molecule has 6 heteroatoms. The van der Waals surface area contributed by atoms with Gasteiger partial charge in [0.05, 0.1) is 0 Å². The number of hydrogen-bond donors (Lipinski definition) is 1. The average molecular weight is 442 g/mol. The zero-order valence-electron chi connectivity index (χ0n) is 18.3. The fourth-order valence-corrected chi connectivity index (χ4v) is 4.77. The number of carbonyl (C=O) groups is 2. The third kappa shape index (κ3) is 5.10. The molecule has 0 aliphatic carbocycles. The molecule has 2 aliphatic heterocycles. The van der Waals surface area contributed by atoms with Gasteiger partial charge in [0.2, 0.25) is 0 Å². The molecule has 2 saturated heterocycles. The van der Waals surface area contributed by atoms with Crippen molar-refractivity contribution in [1.82, 2.24) is 15.1 Å². The van der Waals surface area contributed by atoms with Crippen molar-refractivity contribution in [2.24, 2.45) is 0 Å². The van der Waals surface area contributed by atoms with E-state index in [1.807, 2.05) is 47.4 Å². The normalized spacial score (nSPS) is 20.4. The van der Waals surface area contributed by atoms with Crippen molar-refractivity contribution < 1.29 is 9.59 Å². The molecule has 31 heavy (non-hydrogen) atoms. The third-order valence-electron chi connectivity index (χ3n) is 6.34. The summed E-state index contributed by atoms with van der Waals surface area (Å²) in [5.74, 6) is -0.0421. The first-order chi connectivity index (χ1) is 14.5. The van der Waals surface area contributed by atoms with Crippen LogP contribution in [-0.4, -0.2) is 60.9 Å². The van der Waals surface area contributed by atoms with Crippen molar-refractivity contribution in [2.45, 2.75) is 44.2 Å². The van der Waals surface area contributed by atoms with Crippen LogP contribution < -0.4 is 5.32 Å². The highest BCUT2D eigenvalue weighted by Crippen LogP contribution is 2.31. The molecule has 1 unspecified atom stereocenters. The number of rotatable bonds is 5. The van der Waals surface area contributed by atoms with E-state index in [9.17, 15) is 9.59 Å². The number of likely N-dealkylation sites (tertiary alicyclic amines) is 1. The molecule has 2 aromatic carbocycles. The van der Waals surface area contributed by atoms with E-state index in [2.05, 4.69) is 5.32 Å². The summed E-state index contributed by atoms with van der Waals surface area (Å²) in [6, 6.07) is 16.3. The molecule has 0 radical (unpaired) electrons. The van der Waals surface area contributed by atoms with Crippen LogP contribution in [0.15, 0.2) is 48.5 Å². The summed E-state index contributed by atoms with van der Waals surface area (Å²) < 4.78 is 0. The minimum Gasteiger partial charge on any atom is -0.345 e. The van der Waals surface area contributed by atoms with Crippen molar-refractivity contribution in [1.29, 1.82) is 0 Å². The zero-order chi connectivity index (χ0) is 21.1. The second-order valence-corrected chi connectivity index (χ2v) is 8.65. The van der Waals surface area contributed by atoms with Gasteiger partial charge in [-0.1, -0.05) is 36.4 Å². The Bertz CT molecular complexity index is 910. The van der Waals surface area contributed by atoms with Crippen molar-refractivity contribution in [3.8, 4) is 11.1 Å². The predicted octanol–water partition coefficient (Wildman–Crippen LogP) is 4.22. The minimum atomic E-state index is -0.0863. The first-order valence-corrected chi connectivity index (χ1v) is 11.0. The van der Waals surface area contributed by atoms with E-state index in [0.29, 0.717) is 17.2 Å². The Balaban J connectivity index is 0.00000272. The van der Waals surface area contributed by atoms with E-state index in [0.717, 1.165) is 43.5 Å². The summed E-state index contributed by atoms with van der Waals surface area (Å²) in [5, 5.41) is 3.57. The second kappa shape index (κ2) is 10.3. The number of hydrogen-bond acceptors (Lipinski definition) is 3. The highest BCUT2D eigenvalue weighted by atomic mass is 35.5. The summed E-state index contributed by atoms with van der Waals surface area (Å²) in [4.78, 5) is 29.9. The molecule has 166 valence electrons. The molecule has 1 N–H and O–H groups in total. The molecule has 2 fully saturated rings. The Morgan fingerprint density at radius 2 is 1.84 bits per heavy atom. The lowest BCUT2D eigenvalue weighted by Crippen LogP contribution is -2.39. The Labute approximate surface area is 191 Å². The Hall–Kier alpha value is -2.37. The highest BCUT2D eigenvalue weighted by Gasteiger charge is 2.33. The maximum absolute atomic E-state index is 13.8. The maximum Gasteiger partial charge on any atom is 0.254 e. The predicted molar refractivity (Wildman–Crippen MR) is 127 cm³/mol. The summed E-state index contributed by atoms with van der Waals surface area (Å²) >= 11 is 0. The van der Waals surface area contributed by atoms with Crippen LogP contribution in [0.2, 0.25) is 0 Å². The molecule has 0 spiro atoms. The number of benzene rings is 2. The van der Waals surface area contributed by atoms with E-state index in [1.54, 1.807) is 25.1 Å². The van der Waals surface area contributed by atoms with E-state index < -0.39 is 0 Å². The van der Waals surface area contributed by atoms with Crippen LogP contribution in [0, 0.1) is 0 Å². The summed E-state index contributed by atoms with van der Waals surface area (Å²) in [6.07, 6.45) is 5.53. The van der Waals surface area contributed by atoms with Gasteiger partial charge in [0.25, 0.3) is 11.8 Å². The fourth-order valence-electron chi connectivity index (χ4n) is 4.77. The lowest BCUT2D eigenvalue weighted by Gasteiger charge is -2.28. The monoisotopic (exact) mass is 441 g/mol. The molecule has 2 atom stereocenters. The molecule has 2 heterocycles. The number of amides is 2. The molecule has 5 nitrogen and oxygen atoms in total. The number of halogens is 1. The molecule has 0 bridgehead atoms. The Kier molecular flexibility index (Phi) is 7.74. The van der Waals surface area contributed by atoms with E-state index in [4.69, 9.17) is 0 Å². The van der Waals surface area contributed by atoms with Gasteiger partial charge in [-0.25, -0.2) is 0 Å². The topological polar surface area (TPSA) is 52.7 Å². The number of nitrogens with one attached hydrogen (secondary N) is 1. The Morgan fingerprint density at radius 3 is 2.52 bits per heavy atom.